The molecule has 2 aromatic carbocycles. The first-order valence-corrected chi connectivity index (χ1v) is 5.89. The molecule has 3 rings (SSSR count). The number of aryl methyl sites for hydroxylation is 1. The smallest absolute Gasteiger partial charge is 0.201 e. The molecule has 0 aromatic heterocycles. The van der Waals surface area contributed by atoms with Gasteiger partial charge in [0.05, 0.1) is 11.1 Å². The van der Waals surface area contributed by atoms with Crippen molar-refractivity contribution in [1.82, 2.24) is 0 Å². The summed E-state index contributed by atoms with van der Waals surface area (Å²) in [6, 6.07) is 5.00. The van der Waals surface area contributed by atoms with Crippen LogP contribution in [0.25, 0.3) is 0 Å². The molecule has 0 atom stereocenters. The van der Waals surface area contributed by atoms with Crippen molar-refractivity contribution >= 4 is 24.0 Å². The lowest BCUT2D eigenvalue weighted by Crippen LogP contribution is -2.21. The summed E-state index contributed by atoms with van der Waals surface area (Å²) in [6.07, 6.45) is 0. The summed E-state index contributed by atoms with van der Waals surface area (Å²) < 4.78 is 0. The molecule has 6 heteroatoms. The van der Waals surface area contributed by atoms with E-state index in [1.165, 1.54) is 12.1 Å². The summed E-state index contributed by atoms with van der Waals surface area (Å²) in [5.41, 5.74) is 0.332. The monoisotopic (exact) mass is 306 g/mol. The predicted octanol–water partition coefficient (Wildman–Crippen LogP) is 2.31. The maximum Gasteiger partial charge on any atom is 0.201 e. The molecule has 3 N–H and O–H groups in total. The third-order valence-corrected chi connectivity index (χ3v) is 3.31. The van der Waals surface area contributed by atoms with Crippen LogP contribution in [0.1, 0.15) is 37.4 Å². The van der Waals surface area contributed by atoms with E-state index < -0.39 is 17.3 Å². The van der Waals surface area contributed by atoms with Crippen molar-refractivity contribution < 1.29 is 24.9 Å². The second kappa shape index (κ2) is 4.79. The number of benzene rings is 2. The number of aromatic hydroxyl groups is 3. The van der Waals surface area contributed by atoms with Gasteiger partial charge in [0.25, 0.3) is 0 Å². The molecule has 0 saturated carbocycles. The molecule has 1 aliphatic carbocycles. The highest BCUT2D eigenvalue weighted by molar-refractivity contribution is 6.30. The predicted molar refractivity (Wildman–Crippen MR) is 76.7 cm³/mol. The summed E-state index contributed by atoms with van der Waals surface area (Å²) in [7, 11) is 0. The Labute approximate surface area is 125 Å². The minimum atomic E-state index is -0.635. The lowest BCUT2D eigenvalue weighted by atomic mass is 9.82. The number of halogens is 1. The van der Waals surface area contributed by atoms with Gasteiger partial charge in [0.2, 0.25) is 5.78 Å². The van der Waals surface area contributed by atoms with Gasteiger partial charge < -0.3 is 15.3 Å². The zero-order valence-electron chi connectivity index (χ0n) is 10.9. The van der Waals surface area contributed by atoms with E-state index in [-0.39, 0.29) is 46.2 Å². The van der Waals surface area contributed by atoms with Crippen molar-refractivity contribution in [2.24, 2.45) is 0 Å². The lowest BCUT2D eigenvalue weighted by molar-refractivity contribution is 0.0974. The molecule has 0 radical (unpaired) electrons. The largest absolute Gasteiger partial charge is 0.508 e. The Morgan fingerprint density at radius 2 is 1.29 bits per heavy atom. The summed E-state index contributed by atoms with van der Waals surface area (Å²) in [5, 5.41) is 29.1. The zero-order valence-corrected chi connectivity index (χ0v) is 11.7. The Morgan fingerprint density at radius 1 is 0.762 bits per heavy atom. The quantitative estimate of drug-likeness (QED) is 0.592. The van der Waals surface area contributed by atoms with Gasteiger partial charge in [-0.1, -0.05) is 0 Å². The highest BCUT2D eigenvalue weighted by Crippen LogP contribution is 2.38. The van der Waals surface area contributed by atoms with Gasteiger partial charge >= 0.3 is 0 Å². The van der Waals surface area contributed by atoms with Crippen molar-refractivity contribution in [1.29, 1.82) is 0 Å². The minimum Gasteiger partial charge on any atom is -0.508 e. The minimum absolute atomic E-state index is 0. The van der Waals surface area contributed by atoms with Crippen molar-refractivity contribution in [3.8, 4) is 17.2 Å². The van der Waals surface area contributed by atoms with Crippen molar-refractivity contribution in [2.75, 3.05) is 0 Å². The summed E-state index contributed by atoms with van der Waals surface area (Å²) >= 11 is 0. The number of carbonyl (C=O) groups excluding carboxylic acids is 2. The average Bonchev–Trinajstić information content (AvgIpc) is 2.34. The number of hydrogen-bond donors (Lipinski definition) is 3. The standard InChI is InChI=1S/C15H10O5.ClH/c1-6-2-8-12(10(17)3-6)15(20)13-9(14(8)19)4-7(16)5-11(13)18;/h2-5,16-18H,1H3;1H. The molecule has 0 unspecified atom stereocenters. The molecular weight excluding hydrogens is 296 g/mol. The molecule has 0 aliphatic heterocycles. The third-order valence-electron chi connectivity index (χ3n) is 3.31. The Balaban J connectivity index is 0.00000161. The van der Waals surface area contributed by atoms with Crippen LogP contribution in [0.15, 0.2) is 24.3 Å². The molecule has 0 heterocycles. The normalized spacial score (nSPS) is 12.4. The van der Waals surface area contributed by atoms with Crippen molar-refractivity contribution in [2.45, 2.75) is 6.92 Å². The molecule has 0 bridgehead atoms. The fourth-order valence-corrected chi connectivity index (χ4v) is 2.48. The van der Waals surface area contributed by atoms with Crippen LogP contribution in [-0.2, 0) is 0 Å². The Bertz CT molecular complexity index is 732. The maximum absolute atomic E-state index is 12.4. The fraction of sp³-hybridized carbons (Fsp3) is 0.0667. The molecule has 0 saturated heterocycles. The van der Waals surface area contributed by atoms with Crippen LogP contribution in [0, 0.1) is 6.92 Å². The number of hydrogen-bond acceptors (Lipinski definition) is 5. The van der Waals surface area contributed by atoms with Gasteiger partial charge in [-0.2, -0.15) is 0 Å². The molecule has 0 amide bonds. The van der Waals surface area contributed by atoms with Gasteiger partial charge in [0.15, 0.2) is 5.78 Å². The van der Waals surface area contributed by atoms with Gasteiger partial charge in [-0.15, -0.1) is 12.4 Å². The van der Waals surface area contributed by atoms with Crippen LogP contribution in [-0.4, -0.2) is 26.9 Å². The molecule has 2 aromatic rings. The second-order valence-electron chi connectivity index (χ2n) is 4.75. The van der Waals surface area contributed by atoms with Gasteiger partial charge in [-0.3, -0.25) is 9.59 Å². The zero-order chi connectivity index (χ0) is 14.6. The Hall–Kier alpha value is -2.53. The summed E-state index contributed by atoms with van der Waals surface area (Å²) in [4.78, 5) is 24.7. The van der Waals surface area contributed by atoms with E-state index in [0.29, 0.717) is 5.56 Å². The molecule has 1 aliphatic rings. The number of fused-ring (bicyclic) bond motifs is 2. The first kappa shape index (κ1) is 14.9. The summed E-state index contributed by atoms with van der Waals surface area (Å²) in [5.74, 6) is -2.23. The van der Waals surface area contributed by atoms with E-state index in [9.17, 15) is 24.9 Å². The SMILES string of the molecule is Cc1cc(O)c2c(c1)C(=O)c1cc(O)cc(O)c1C2=O.Cl. The number of phenolic OH excluding ortho intramolecular Hbond substituents is 3. The van der Waals surface area contributed by atoms with E-state index in [0.717, 1.165) is 12.1 Å². The fourth-order valence-electron chi connectivity index (χ4n) is 2.48. The van der Waals surface area contributed by atoms with E-state index in [4.69, 9.17) is 0 Å². The van der Waals surface area contributed by atoms with Gasteiger partial charge in [0, 0.05) is 17.2 Å². The molecule has 108 valence electrons. The maximum atomic E-state index is 12.4. The number of carbonyl (C=O) groups is 2. The van der Waals surface area contributed by atoms with E-state index in [2.05, 4.69) is 0 Å². The van der Waals surface area contributed by atoms with E-state index in [1.54, 1.807) is 6.92 Å². The van der Waals surface area contributed by atoms with Crippen molar-refractivity contribution in [3.63, 3.8) is 0 Å². The topological polar surface area (TPSA) is 94.8 Å². The van der Waals surface area contributed by atoms with Crippen LogP contribution < -0.4 is 0 Å². The lowest BCUT2D eigenvalue weighted by Gasteiger charge is -2.19. The van der Waals surface area contributed by atoms with Gasteiger partial charge in [0.1, 0.15) is 17.2 Å². The second-order valence-corrected chi connectivity index (χ2v) is 4.75. The summed E-state index contributed by atoms with van der Waals surface area (Å²) in [6.45, 7) is 1.69. The van der Waals surface area contributed by atoms with E-state index >= 15 is 0 Å². The highest BCUT2D eigenvalue weighted by Gasteiger charge is 2.34. The molecule has 0 fully saturated rings. The van der Waals surface area contributed by atoms with E-state index in [1.807, 2.05) is 0 Å². The number of phenols is 3. The van der Waals surface area contributed by atoms with Crippen LogP contribution in [0.5, 0.6) is 17.2 Å². The van der Waals surface area contributed by atoms with Gasteiger partial charge in [-0.25, -0.2) is 0 Å². The average molecular weight is 307 g/mol. The van der Waals surface area contributed by atoms with Crippen LogP contribution in [0.3, 0.4) is 0 Å². The van der Waals surface area contributed by atoms with Crippen molar-refractivity contribution in [3.05, 3.63) is 52.1 Å². The molecular formula is C15H11ClO5. The first-order valence-electron chi connectivity index (χ1n) is 5.89. The number of ketones is 2. The van der Waals surface area contributed by atoms with Gasteiger partial charge in [-0.05, 0) is 30.7 Å². The number of rotatable bonds is 0. The molecule has 5 nitrogen and oxygen atoms in total. The Kier molecular flexibility index (Phi) is 3.39. The molecule has 0 spiro atoms. The van der Waals surface area contributed by atoms with Crippen LogP contribution in [0.2, 0.25) is 0 Å². The third kappa shape index (κ3) is 2.02. The highest BCUT2D eigenvalue weighted by atomic mass is 35.5. The van der Waals surface area contributed by atoms with Crippen LogP contribution in [0.4, 0.5) is 0 Å². The molecule has 21 heavy (non-hydrogen) atoms. The Morgan fingerprint density at radius 3 is 1.90 bits per heavy atom. The van der Waals surface area contributed by atoms with Crippen LogP contribution >= 0.6 is 12.4 Å². The first-order chi connectivity index (χ1) is 9.40.